The fourth-order valence-corrected chi connectivity index (χ4v) is 5.45. The highest BCUT2D eigenvalue weighted by atomic mass is 31.2. The van der Waals surface area contributed by atoms with Crippen LogP contribution in [0.1, 0.15) is 110 Å². The summed E-state index contributed by atoms with van der Waals surface area (Å²) >= 11 is 0. The van der Waals surface area contributed by atoms with Crippen molar-refractivity contribution in [2.45, 2.75) is 134 Å². The smallest absolute Gasteiger partial charge is 0.268 e. The summed E-state index contributed by atoms with van der Waals surface area (Å²) in [6, 6.07) is 0. The number of methoxy groups -OCH3 is 1. The molecule has 39 heavy (non-hydrogen) atoms. The van der Waals surface area contributed by atoms with E-state index >= 15 is 0 Å². The Morgan fingerprint density at radius 2 is 1.28 bits per heavy atom. The van der Waals surface area contributed by atoms with E-state index in [0.29, 0.717) is 17.6 Å². The lowest BCUT2D eigenvalue weighted by Gasteiger charge is -2.28. The molecule has 1 saturated heterocycles. The number of likely N-dealkylation sites (N-methyl/N-ethyl adjacent to an activating group) is 1. The highest BCUT2D eigenvalue weighted by Crippen LogP contribution is 2.39. The zero-order valence-corrected chi connectivity index (χ0v) is 26.5. The molecule has 5 atom stereocenters. The molecular formula is C29H60NO8P. The van der Waals surface area contributed by atoms with Crippen LogP contribution in [0.4, 0.5) is 0 Å². The Morgan fingerprint density at radius 1 is 0.795 bits per heavy atom. The number of quaternary nitrogens is 1. The fourth-order valence-electron chi connectivity index (χ4n) is 4.74. The summed E-state index contributed by atoms with van der Waals surface area (Å²) in [7, 11) is 2.77. The number of aliphatic hydroxyl groups excluding tert-OH is 1. The molecular weight excluding hydrogens is 521 g/mol. The molecule has 1 heterocycles. The molecule has 0 amide bonds. The number of hydrogen-bond acceptors (Lipinski definition) is 8. The molecule has 1 aliphatic rings. The van der Waals surface area contributed by atoms with Crippen LogP contribution in [-0.2, 0) is 27.8 Å². The van der Waals surface area contributed by atoms with Gasteiger partial charge in [0, 0.05) is 13.7 Å². The highest BCUT2D eigenvalue weighted by molar-refractivity contribution is 7.45. The quantitative estimate of drug-likeness (QED) is 0.0803. The minimum atomic E-state index is -4.49. The summed E-state index contributed by atoms with van der Waals surface area (Å²) in [5.74, 6) is 0. The number of ether oxygens (including phenoxy) is 3. The van der Waals surface area contributed by atoms with Crippen molar-refractivity contribution < 1.29 is 42.3 Å². The Balaban J connectivity index is 2.12. The van der Waals surface area contributed by atoms with Gasteiger partial charge in [-0.2, -0.15) is 0 Å². The van der Waals surface area contributed by atoms with Crippen molar-refractivity contribution in [3.8, 4) is 0 Å². The molecule has 0 aliphatic carbocycles. The van der Waals surface area contributed by atoms with Crippen LogP contribution in [0.25, 0.3) is 0 Å². The maximum absolute atomic E-state index is 12.1. The Bertz CT molecular complexity index is 633. The topological polar surface area (TPSA) is 107 Å². The fraction of sp³-hybridized carbons (Fsp3) is 1.00. The minimum absolute atomic E-state index is 0.0261. The molecule has 1 N–H and O–H groups in total. The van der Waals surface area contributed by atoms with E-state index in [1.165, 1.54) is 97.0 Å². The number of nitrogens with zero attached hydrogens (tertiary/aromatic N) is 1. The van der Waals surface area contributed by atoms with Gasteiger partial charge < -0.3 is 37.7 Å². The van der Waals surface area contributed by atoms with Crippen LogP contribution in [0.15, 0.2) is 0 Å². The normalized spacial score (nSPS) is 23.4. The molecule has 0 aromatic rings. The number of phosphoric acid groups is 1. The van der Waals surface area contributed by atoms with Crippen LogP contribution in [0, 0.1) is 0 Å². The zero-order chi connectivity index (χ0) is 29.0. The predicted molar refractivity (Wildman–Crippen MR) is 153 cm³/mol. The van der Waals surface area contributed by atoms with Gasteiger partial charge in [0.1, 0.15) is 31.5 Å². The second kappa shape index (κ2) is 21.6. The lowest BCUT2D eigenvalue weighted by atomic mass is 10.0. The third-order valence-corrected chi connectivity index (χ3v) is 8.20. The van der Waals surface area contributed by atoms with Crippen molar-refractivity contribution in [1.82, 2.24) is 0 Å². The Hall–Kier alpha value is -0.0900. The van der Waals surface area contributed by atoms with Gasteiger partial charge in [0.2, 0.25) is 0 Å². The van der Waals surface area contributed by atoms with E-state index in [-0.39, 0.29) is 13.2 Å². The predicted octanol–water partition coefficient (Wildman–Crippen LogP) is 5.57. The average molecular weight is 582 g/mol. The van der Waals surface area contributed by atoms with Gasteiger partial charge in [0.15, 0.2) is 6.29 Å². The van der Waals surface area contributed by atoms with Gasteiger partial charge in [-0.15, -0.1) is 0 Å². The van der Waals surface area contributed by atoms with Gasteiger partial charge in [-0.3, -0.25) is 4.57 Å². The van der Waals surface area contributed by atoms with Crippen molar-refractivity contribution >= 4 is 7.82 Å². The van der Waals surface area contributed by atoms with Gasteiger partial charge in [0.25, 0.3) is 7.82 Å². The van der Waals surface area contributed by atoms with E-state index in [9.17, 15) is 14.6 Å². The molecule has 0 saturated carbocycles. The van der Waals surface area contributed by atoms with Crippen LogP contribution in [0.2, 0.25) is 0 Å². The summed E-state index contributed by atoms with van der Waals surface area (Å²) in [5.41, 5.74) is 0. The van der Waals surface area contributed by atoms with Gasteiger partial charge in [-0.05, 0) is 6.42 Å². The molecule has 1 unspecified atom stereocenters. The van der Waals surface area contributed by atoms with Gasteiger partial charge in [-0.1, -0.05) is 103 Å². The van der Waals surface area contributed by atoms with E-state index in [4.69, 9.17) is 23.3 Å². The first kappa shape index (κ1) is 36.9. The van der Waals surface area contributed by atoms with Crippen molar-refractivity contribution in [3.05, 3.63) is 0 Å². The van der Waals surface area contributed by atoms with Crippen molar-refractivity contribution in [1.29, 1.82) is 0 Å². The first-order valence-corrected chi connectivity index (χ1v) is 16.9. The SMILES string of the molecule is CCCCCCCCCCCCCCCCCCO[C@H]1[C@@H](O)[C@@H](OC)O[C@@H]1COP(=O)([O-])OCC[N+](C)(C)C. The second-order valence-corrected chi connectivity index (χ2v) is 13.4. The first-order chi connectivity index (χ1) is 18.6. The molecule has 1 fully saturated rings. The molecule has 1 aliphatic heterocycles. The van der Waals surface area contributed by atoms with Crippen LogP contribution < -0.4 is 4.89 Å². The average Bonchev–Trinajstić information content (AvgIpc) is 3.18. The Labute approximate surface area is 239 Å². The third kappa shape index (κ3) is 18.9. The Kier molecular flexibility index (Phi) is 20.4. The number of aliphatic hydroxyl groups is 1. The first-order valence-electron chi connectivity index (χ1n) is 15.5. The Morgan fingerprint density at radius 3 is 1.74 bits per heavy atom. The van der Waals surface area contributed by atoms with Crippen LogP contribution >= 0.6 is 7.82 Å². The molecule has 0 aromatic carbocycles. The monoisotopic (exact) mass is 581 g/mol. The standard InChI is InChI=1S/C29H60NO8P/c1-6-7-8-9-10-11-12-13-14-15-16-17-18-19-20-21-23-35-28-26(38-29(34-5)27(28)31)25-37-39(32,33)36-24-22-30(2,3)4/h26-29,31H,6-25H2,1-5H3/t26-,27-,28-,29+/m1/s1. The summed E-state index contributed by atoms with van der Waals surface area (Å²) in [6.07, 6.45) is 17.4. The van der Waals surface area contributed by atoms with Crippen LogP contribution in [0.5, 0.6) is 0 Å². The molecule has 10 heteroatoms. The summed E-state index contributed by atoms with van der Waals surface area (Å²) in [6.45, 7) is 2.98. The lowest BCUT2D eigenvalue weighted by molar-refractivity contribution is -0.870. The number of phosphoric ester groups is 1. The largest absolute Gasteiger partial charge is 0.756 e. The van der Waals surface area contributed by atoms with E-state index in [1.54, 1.807) is 0 Å². The molecule has 0 aromatic heterocycles. The van der Waals surface area contributed by atoms with Crippen LogP contribution in [-0.4, -0.2) is 88.8 Å². The van der Waals surface area contributed by atoms with E-state index < -0.39 is 32.4 Å². The zero-order valence-electron chi connectivity index (χ0n) is 25.7. The number of rotatable bonds is 26. The molecule has 234 valence electrons. The molecule has 0 spiro atoms. The summed E-state index contributed by atoms with van der Waals surface area (Å²) < 4.78 is 39.4. The van der Waals surface area contributed by atoms with Crippen molar-refractivity contribution in [2.24, 2.45) is 0 Å². The molecule has 0 bridgehead atoms. The van der Waals surface area contributed by atoms with Gasteiger partial charge >= 0.3 is 0 Å². The van der Waals surface area contributed by atoms with Crippen LogP contribution in [0.3, 0.4) is 0 Å². The summed E-state index contributed by atoms with van der Waals surface area (Å²) in [4.78, 5) is 12.1. The van der Waals surface area contributed by atoms with E-state index in [2.05, 4.69) is 6.92 Å². The number of hydrogen-bond donors (Lipinski definition) is 1. The maximum atomic E-state index is 12.1. The molecule has 9 nitrogen and oxygen atoms in total. The second-order valence-electron chi connectivity index (χ2n) is 12.0. The third-order valence-electron chi connectivity index (χ3n) is 7.24. The van der Waals surface area contributed by atoms with Crippen molar-refractivity contribution in [2.75, 3.05) is 54.6 Å². The highest BCUT2D eigenvalue weighted by Gasteiger charge is 2.45. The lowest BCUT2D eigenvalue weighted by Crippen LogP contribution is -2.38. The maximum Gasteiger partial charge on any atom is 0.268 e. The van der Waals surface area contributed by atoms with E-state index in [1.807, 2.05) is 21.1 Å². The minimum Gasteiger partial charge on any atom is -0.756 e. The summed E-state index contributed by atoms with van der Waals surface area (Å²) in [5, 5.41) is 10.5. The van der Waals surface area contributed by atoms with Gasteiger partial charge in [-0.25, -0.2) is 0 Å². The molecule has 1 rings (SSSR count). The van der Waals surface area contributed by atoms with Gasteiger partial charge in [0.05, 0.1) is 27.7 Å². The molecule has 0 radical (unpaired) electrons. The van der Waals surface area contributed by atoms with Crippen molar-refractivity contribution in [3.63, 3.8) is 0 Å². The number of unbranched alkanes of at least 4 members (excludes halogenated alkanes) is 15. The van der Waals surface area contributed by atoms with E-state index in [0.717, 1.165) is 12.8 Å².